The predicted octanol–water partition coefficient (Wildman–Crippen LogP) is 4.72. The lowest BCUT2D eigenvalue weighted by molar-refractivity contribution is -0.140. The van der Waals surface area contributed by atoms with Crippen molar-refractivity contribution in [1.29, 1.82) is 0 Å². The number of aryl methyl sites for hydroxylation is 1. The first-order chi connectivity index (χ1) is 17.0. The number of hydrogen-bond acceptors (Lipinski definition) is 5. The lowest BCUT2D eigenvalue weighted by Crippen LogP contribution is -2.53. The van der Waals surface area contributed by atoms with Crippen LogP contribution in [0.3, 0.4) is 0 Å². The van der Waals surface area contributed by atoms with Gasteiger partial charge in [-0.25, -0.2) is 4.79 Å². The van der Waals surface area contributed by atoms with Crippen LogP contribution in [0.15, 0.2) is 48.5 Å². The fourth-order valence-electron chi connectivity index (χ4n) is 3.59. The zero-order valence-electron chi connectivity index (χ0n) is 21.5. The van der Waals surface area contributed by atoms with E-state index in [1.165, 1.54) is 4.90 Å². The number of amides is 3. The summed E-state index contributed by atoms with van der Waals surface area (Å²) in [6.07, 6.45) is 5.36. The first kappa shape index (κ1) is 28.8. The molecule has 0 fully saturated rings. The zero-order chi connectivity index (χ0) is 26.9. The molecular formula is C28H35N3O4S. The van der Waals surface area contributed by atoms with E-state index in [2.05, 4.69) is 29.2 Å². The van der Waals surface area contributed by atoms with E-state index in [1.807, 2.05) is 32.0 Å². The molecule has 7 nitrogen and oxygen atoms in total. The van der Waals surface area contributed by atoms with E-state index >= 15 is 0 Å². The molecule has 0 bridgehead atoms. The van der Waals surface area contributed by atoms with Crippen molar-refractivity contribution in [2.45, 2.75) is 58.7 Å². The third kappa shape index (κ3) is 8.06. The first-order valence-electron chi connectivity index (χ1n) is 11.8. The summed E-state index contributed by atoms with van der Waals surface area (Å²) in [4.78, 5) is 41.3. The Balaban J connectivity index is 2.46. The highest BCUT2D eigenvalue weighted by Gasteiger charge is 2.35. The Bertz CT molecular complexity index is 1100. The topological polar surface area (TPSA) is 87.7 Å². The Morgan fingerprint density at radius 1 is 1.11 bits per heavy atom. The van der Waals surface area contributed by atoms with Gasteiger partial charge < -0.3 is 20.3 Å². The number of terminal acetylenes is 1. The highest BCUT2D eigenvalue weighted by molar-refractivity contribution is 7.80. The van der Waals surface area contributed by atoms with Gasteiger partial charge in [-0.2, -0.15) is 12.6 Å². The number of benzene rings is 2. The van der Waals surface area contributed by atoms with Crippen LogP contribution in [-0.4, -0.2) is 46.7 Å². The Morgan fingerprint density at radius 3 is 2.28 bits per heavy atom. The Hall–Kier alpha value is -3.44. The molecule has 0 aliphatic rings. The molecule has 8 heteroatoms. The molecule has 0 saturated carbocycles. The van der Waals surface area contributed by atoms with E-state index in [1.54, 1.807) is 51.1 Å². The summed E-state index contributed by atoms with van der Waals surface area (Å²) in [5, 5.41) is 5.55. The number of para-hydroxylation sites is 1. The van der Waals surface area contributed by atoms with Gasteiger partial charge in [0, 0.05) is 23.5 Å². The maximum Gasteiger partial charge on any atom is 0.408 e. The van der Waals surface area contributed by atoms with Gasteiger partial charge in [-0.1, -0.05) is 43.2 Å². The highest BCUT2D eigenvalue weighted by atomic mass is 32.1. The van der Waals surface area contributed by atoms with Crippen LogP contribution in [-0.2, 0) is 14.3 Å². The minimum Gasteiger partial charge on any atom is -0.444 e. The quantitative estimate of drug-likeness (QED) is 0.337. The number of nitrogens with zero attached hydrogens (tertiary/aromatic N) is 1. The maximum absolute atomic E-state index is 13.7. The lowest BCUT2D eigenvalue weighted by atomic mass is 10.0. The molecule has 36 heavy (non-hydrogen) atoms. The molecule has 0 aromatic heterocycles. The lowest BCUT2D eigenvalue weighted by Gasteiger charge is -2.34. The van der Waals surface area contributed by atoms with E-state index in [0.29, 0.717) is 23.2 Å². The number of nitrogens with one attached hydrogen (secondary N) is 2. The number of thiol groups is 1. The van der Waals surface area contributed by atoms with Gasteiger partial charge in [0.25, 0.3) is 5.91 Å². The molecule has 0 aliphatic carbocycles. The third-order valence-corrected chi connectivity index (χ3v) is 5.64. The molecule has 2 rings (SSSR count). The Labute approximate surface area is 219 Å². The molecule has 2 N–H and O–H groups in total. The van der Waals surface area contributed by atoms with E-state index in [0.717, 1.165) is 5.56 Å². The summed E-state index contributed by atoms with van der Waals surface area (Å²) in [5.41, 5.74) is 2.06. The molecule has 2 aromatic carbocycles. The monoisotopic (exact) mass is 509 g/mol. The maximum atomic E-state index is 13.7. The van der Waals surface area contributed by atoms with Gasteiger partial charge >= 0.3 is 6.09 Å². The fraction of sp³-hybridized carbons (Fsp3) is 0.393. The number of alkyl carbamates (subject to hydrolysis) is 1. The van der Waals surface area contributed by atoms with Crippen molar-refractivity contribution in [1.82, 2.24) is 10.2 Å². The normalized spacial score (nSPS) is 12.6. The molecule has 0 saturated heterocycles. The molecule has 2 aromatic rings. The minimum atomic E-state index is -0.992. The molecular weight excluding hydrogens is 474 g/mol. The Kier molecular flexibility index (Phi) is 10.4. The summed E-state index contributed by atoms with van der Waals surface area (Å²) < 4.78 is 5.32. The number of anilines is 1. The van der Waals surface area contributed by atoms with Crippen molar-refractivity contribution < 1.29 is 19.1 Å². The smallest absolute Gasteiger partial charge is 0.408 e. The van der Waals surface area contributed by atoms with Gasteiger partial charge in [-0.15, -0.1) is 6.42 Å². The van der Waals surface area contributed by atoms with Crippen molar-refractivity contribution in [3.05, 3.63) is 65.2 Å². The van der Waals surface area contributed by atoms with E-state index < -0.39 is 29.7 Å². The van der Waals surface area contributed by atoms with Gasteiger partial charge in [0.15, 0.2) is 0 Å². The number of carbonyl (C=O) groups is 3. The van der Waals surface area contributed by atoms with Crippen molar-refractivity contribution in [3.8, 4) is 12.3 Å². The molecule has 0 aliphatic heterocycles. The molecule has 192 valence electrons. The minimum absolute atomic E-state index is 0.0282. The summed E-state index contributed by atoms with van der Waals surface area (Å²) in [6, 6.07) is 12.4. The highest BCUT2D eigenvalue weighted by Crippen LogP contribution is 2.26. The number of carbonyl (C=O) groups excluding carboxylic acids is 3. The summed E-state index contributed by atoms with van der Waals surface area (Å²) in [7, 11) is 0. The van der Waals surface area contributed by atoms with Crippen LogP contribution in [0, 0.1) is 19.3 Å². The van der Waals surface area contributed by atoms with Crippen LogP contribution < -0.4 is 10.6 Å². The number of ether oxygens (including phenoxy) is 1. The van der Waals surface area contributed by atoms with Crippen LogP contribution >= 0.6 is 12.6 Å². The van der Waals surface area contributed by atoms with Gasteiger partial charge in [-0.3, -0.25) is 9.59 Å². The second-order valence-corrected chi connectivity index (χ2v) is 9.75. The van der Waals surface area contributed by atoms with Crippen molar-refractivity contribution in [2.75, 3.05) is 17.6 Å². The number of hydrogen-bond donors (Lipinski definition) is 3. The zero-order valence-corrected chi connectivity index (χ0v) is 22.4. The fourth-order valence-corrected chi connectivity index (χ4v) is 3.84. The van der Waals surface area contributed by atoms with Crippen LogP contribution in [0.5, 0.6) is 0 Å². The average molecular weight is 510 g/mol. The molecule has 2 atom stereocenters. The van der Waals surface area contributed by atoms with Crippen molar-refractivity contribution >= 4 is 36.2 Å². The van der Waals surface area contributed by atoms with Gasteiger partial charge in [0.1, 0.15) is 17.7 Å². The van der Waals surface area contributed by atoms with Gasteiger partial charge in [0.2, 0.25) is 5.91 Å². The third-order valence-electron chi connectivity index (χ3n) is 5.28. The van der Waals surface area contributed by atoms with Crippen LogP contribution in [0.25, 0.3) is 0 Å². The number of rotatable bonds is 9. The summed E-state index contributed by atoms with van der Waals surface area (Å²) in [5.74, 6) is 1.77. The first-order valence-corrected chi connectivity index (χ1v) is 12.5. The molecule has 0 heterocycles. The Morgan fingerprint density at radius 2 is 1.75 bits per heavy atom. The van der Waals surface area contributed by atoms with Gasteiger partial charge in [0.05, 0.1) is 0 Å². The van der Waals surface area contributed by atoms with E-state index in [-0.39, 0.29) is 18.2 Å². The second-order valence-electron chi connectivity index (χ2n) is 9.39. The van der Waals surface area contributed by atoms with E-state index in [4.69, 9.17) is 11.2 Å². The molecule has 3 amide bonds. The van der Waals surface area contributed by atoms with Gasteiger partial charge in [-0.05, 0) is 63.4 Å². The standard InChI is InChI=1S/C28H35N3O4S/c1-7-17-31(26(33)23(18-36)30-27(34)35-28(4,5)6)24(21-15-13-20(8-2)14-16-21)25(32)29-22-12-10-9-11-19(22)3/h2,9-16,23-24,36H,7,17-18H2,1,3-6H3,(H,29,32)(H,30,34). The molecule has 0 spiro atoms. The largest absolute Gasteiger partial charge is 0.444 e. The summed E-state index contributed by atoms with van der Waals surface area (Å²) >= 11 is 4.29. The molecule has 0 radical (unpaired) electrons. The van der Waals surface area contributed by atoms with Crippen molar-refractivity contribution in [2.24, 2.45) is 0 Å². The predicted molar refractivity (Wildman–Crippen MR) is 146 cm³/mol. The molecule has 2 unspecified atom stereocenters. The summed E-state index contributed by atoms with van der Waals surface area (Å²) in [6.45, 7) is 9.29. The van der Waals surface area contributed by atoms with Crippen LogP contribution in [0.4, 0.5) is 10.5 Å². The van der Waals surface area contributed by atoms with Crippen LogP contribution in [0.2, 0.25) is 0 Å². The van der Waals surface area contributed by atoms with E-state index in [9.17, 15) is 14.4 Å². The van der Waals surface area contributed by atoms with Crippen LogP contribution in [0.1, 0.15) is 56.8 Å². The second kappa shape index (κ2) is 13.0. The SMILES string of the molecule is C#Cc1ccc(C(C(=O)Nc2ccccc2C)N(CCC)C(=O)C(CS)NC(=O)OC(C)(C)C)cc1. The average Bonchev–Trinajstić information content (AvgIpc) is 2.82. The van der Waals surface area contributed by atoms with Crippen molar-refractivity contribution in [3.63, 3.8) is 0 Å².